The van der Waals surface area contributed by atoms with Crippen molar-refractivity contribution in [3.63, 3.8) is 0 Å². The Morgan fingerprint density at radius 2 is 1.71 bits per heavy atom. The quantitative estimate of drug-likeness (QED) is 0.914. The fraction of sp³-hybridized carbons (Fsp3) is 0.250. The van der Waals surface area contributed by atoms with E-state index in [0.29, 0.717) is 11.4 Å². The number of hydrogen-bond donors (Lipinski definition) is 1. The Morgan fingerprint density at radius 3 is 2.21 bits per heavy atom. The van der Waals surface area contributed by atoms with Gasteiger partial charge in [0.25, 0.3) is 5.91 Å². The molecule has 2 aromatic rings. The lowest BCUT2D eigenvalue weighted by molar-refractivity contribution is 0.102. The zero-order chi connectivity index (χ0) is 18.1. The van der Waals surface area contributed by atoms with Crippen LogP contribution in [0.25, 0.3) is 0 Å². The van der Waals surface area contributed by atoms with Gasteiger partial charge in [-0.3, -0.25) is 9.78 Å². The summed E-state index contributed by atoms with van der Waals surface area (Å²) in [5.74, 6) is -3.98. The maximum Gasteiger partial charge on any atom is 0.341 e. The summed E-state index contributed by atoms with van der Waals surface area (Å²) in [5, 5.41) is 2.70. The van der Waals surface area contributed by atoms with Crippen molar-refractivity contribution in [2.24, 2.45) is 0 Å². The van der Waals surface area contributed by atoms with E-state index < -0.39 is 26.4 Å². The Morgan fingerprint density at radius 1 is 1.12 bits per heavy atom. The van der Waals surface area contributed by atoms with Crippen molar-refractivity contribution in [2.45, 2.75) is 31.4 Å². The number of carbonyl (C=O) groups excluding carboxylic acids is 1. The first kappa shape index (κ1) is 18.0. The van der Waals surface area contributed by atoms with Gasteiger partial charge < -0.3 is 5.32 Å². The lowest BCUT2D eigenvalue weighted by Gasteiger charge is -2.12. The average Bonchev–Trinajstić information content (AvgIpc) is 2.50. The minimum atomic E-state index is -4.67. The molecule has 8 heteroatoms. The Bertz CT molecular complexity index is 856. The van der Waals surface area contributed by atoms with Gasteiger partial charge in [0.1, 0.15) is 0 Å². The van der Waals surface area contributed by atoms with Crippen molar-refractivity contribution >= 4 is 21.4 Å². The second kappa shape index (κ2) is 6.64. The number of pyridine rings is 1. The van der Waals surface area contributed by atoms with Gasteiger partial charge in [-0.05, 0) is 56.7 Å². The molecule has 1 heterocycles. The average molecular weight is 354 g/mol. The van der Waals surface area contributed by atoms with Gasteiger partial charge in [0.05, 0.1) is 16.3 Å². The normalized spacial score (nSPS) is 11.6. The molecular weight excluding hydrogens is 338 g/mol. The van der Waals surface area contributed by atoms with Crippen LogP contribution in [0.2, 0.25) is 0 Å². The molecule has 0 atom stereocenters. The topological polar surface area (TPSA) is 76.1 Å². The number of sulfone groups is 1. The van der Waals surface area contributed by atoms with Crippen molar-refractivity contribution in [3.05, 3.63) is 52.8 Å². The minimum absolute atomic E-state index is 0.155. The van der Waals surface area contributed by atoms with E-state index in [0.717, 1.165) is 23.4 Å². The van der Waals surface area contributed by atoms with E-state index in [9.17, 15) is 22.0 Å². The third-order valence-electron chi connectivity index (χ3n) is 3.44. The van der Waals surface area contributed by atoms with Crippen LogP contribution in [0, 0.1) is 20.8 Å². The molecule has 1 aromatic heterocycles. The summed E-state index contributed by atoms with van der Waals surface area (Å²) >= 11 is 0. The fourth-order valence-corrected chi connectivity index (χ4v) is 3.02. The number of hydrogen-bond acceptors (Lipinski definition) is 4. The molecule has 2 rings (SSSR count). The van der Waals surface area contributed by atoms with Crippen LogP contribution in [0.1, 0.15) is 27.3 Å². The van der Waals surface area contributed by atoms with Gasteiger partial charge in [0, 0.05) is 11.3 Å². The van der Waals surface area contributed by atoms with Crippen molar-refractivity contribution in [2.75, 3.05) is 5.32 Å². The van der Waals surface area contributed by atoms with E-state index in [1.165, 1.54) is 12.1 Å². The Kier molecular flexibility index (Phi) is 4.98. The summed E-state index contributed by atoms with van der Waals surface area (Å²) in [6.45, 7) is 5.43. The van der Waals surface area contributed by atoms with E-state index in [-0.39, 0.29) is 5.56 Å². The number of carbonyl (C=O) groups is 1. The Labute approximate surface area is 138 Å². The molecule has 1 N–H and O–H groups in total. The smallest absolute Gasteiger partial charge is 0.320 e. The van der Waals surface area contributed by atoms with Crippen LogP contribution in [0.3, 0.4) is 0 Å². The maximum absolute atomic E-state index is 12.5. The van der Waals surface area contributed by atoms with Crippen molar-refractivity contribution in [3.8, 4) is 0 Å². The number of rotatable bonds is 4. The Balaban J connectivity index is 2.26. The van der Waals surface area contributed by atoms with Crippen molar-refractivity contribution in [1.29, 1.82) is 0 Å². The number of nitrogens with zero attached hydrogens (tertiary/aromatic N) is 1. The predicted molar refractivity (Wildman–Crippen MR) is 86.0 cm³/mol. The number of anilines is 1. The van der Waals surface area contributed by atoms with Crippen LogP contribution >= 0.6 is 0 Å². The first-order valence-corrected chi connectivity index (χ1v) is 8.56. The lowest BCUT2D eigenvalue weighted by Crippen LogP contribution is -2.15. The highest BCUT2D eigenvalue weighted by Crippen LogP contribution is 2.22. The number of benzene rings is 1. The molecule has 0 aliphatic carbocycles. The number of amides is 1. The summed E-state index contributed by atoms with van der Waals surface area (Å²) in [4.78, 5) is 16.0. The van der Waals surface area contributed by atoms with E-state index in [4.69, 9.17) is 0 Å². The first-order valence-electron chi connectivity index (χ1n) is 7.01. The van der Waals surface area contributed by atoms with Crippen LogP contribution in [-0.4, -0.2) is 25.1 Å². The minimum Gasteiger partial charge on any atom is -0.320 e. The van der Waals surface area contributed by atoms with Crippen LogP contribution in [0.4, 0.5) is 14.5 Å². The molecule has 128 valence electrons. The molecule has 5 nitrogen and oxygen atoms in total. The van der Waals surface area contributed by atoms with Gasteiger partial charge in [0.2, 0.25) is 9.84 Å². The molecule has 0 aliphatic rings. The summed E-state index contributed by atoms with van der Waals surface area (Å²) in [6, 6.07) is 6.18. The molecular formula is C16H16F2N2O3S. The van der Waals surface area contributed by atoms with Crippen LogP contribution < -0.4 is 5.32 Å². The molecule has 0 unspecified atom stereocenters. The maximum atomic E-state index is 12.5. The predicted octanol–water partition coefficient (Wildman–Crippen LogP) is 3.26. The summed E-state index contributed by atoms with van der Waals surface area (Å²) in [7, 11) is -4.67. The van der Waals surface area contributed by atoms with E-state index in [2.05, 4.69) is 10.3 Å². The lowest BCUT2D eigenvalue weighted by atomic mass is 10.1. The largest absolute Gasteiger partial charge is 0.341 e. The van der Waals surface area contributed by atoms with Gasteiger partial charge in [-0.2, -0.15) is 8.78 Å². The molecule has 24 heavy (non-hydrogen) atoms. The fourth-order valence-electron chi connectivity index (χ4n) is 2.30. The second-order valence-corrected chi connectivity index (χ2v) is 7.24. The zero-order valence-corrected chi connectivity index (χ0v) is 14.1. The highest BCUT2D eigenvalue weighted by Gasteiger charge is 2.26. The summed E-state index contributed by atoms with van der Waals surface area (Å²) in [5.41, 5.74) is 3.03. The number of aryl methyl sites for hydroxylation is 3. The van der Waals surface area contributed by atoms with Gasteiger partial charge in [-0.15, -0.1) is 0 Å². The van der Waals surface area contributed by atoms with Gasteiger partial charge in [-0.25, -0.2) is 8.42 Å². The molecule has 0 bridgehead atoms. The first-order chi connectivity index (χ1) is 11.1. The van der Waals surface area contributed by atoms with Crippen molar-refractivity contribution in [1.82, 2.24) is 4.98 Å². The molecule has 1 aromatic carbocycles. The zero-order valence-electron chi connectivity index (χ0n) is 13.3. The van der Waals surface area contributed by atoms with Gasteiger partial charge in [0.15, 0.2) is 0 Å². The molecule has 0 radical (unpaired) electrons. The second-order valence-electron chi connectivity index (χ2n) is 5.33. The SMILES string of the molecule is Cc1cc(C)c(NC(=O)c2ccc(S(=O)(=O)C(F)F)cc2)c(C)n1. The highest BCUT2D eigenvalue weighted by atomic mass is 32.2. The number of alkyl halides is 2. The molecule has 0 saturated heterocycles. The molecule has 0 fully saturated rings. The highest BCUT2D eigenvalue weighted by molar-refractivity contribution is 7.91. The Hall–Kier alpha value is -2.35. The molecule has 0 spiro atoms. The standard InChI is InChI=1S/C16H16F2N2O3S/c1-9-8-10(2)19-11(3)14(9)20-15(21)12-4-6-13(7-5-12)24(22,23)16(17)18/h4-8,16H,1-3H3,(H,20,21). The number of halogens is 2. The van der Waals surface area contributed by atoms with Gasteiger partial charge >= 0.3 is 5.76 Å². The van der Waals surface area contributed by atoms with E-state index in [1.807, 2.05) is 19.9 Å². The van der Waals surface area contributed by atoms with Gasteiger partial charge in [-0.1, -0.05) is 0 Å². The number of aromatic nitrogens is 1. The van der Waals surface area contributed by atoms with E-state index in [1.54, 1.807) is 6.92 Å². The van der Waals surface area contributed by atoms with Crippen molar-refractivity contribution < 1.29 is 22.0 Å². The van der Waals surface area contributed by atoms with Crippen LogP contribution in [-0.2, 0) is 9.84 Å². The monoisotopic (exact) mass is 354 g/mol. The third kappa shape index (κ3) is 3.59. The summed E-state index contributed by atoms with van der Waals surface area (Å²) < 4.78 is 47.7. The van der Waals surface area contributed by atoms with Crippen LogP contribution in [0.15, 0.2) is 35.2 Å². The molecule has 1 amide bonds. The van der Waals surface area contributed by atoms with Crippen LogP contribution in [0.5, 0.6) is 0 Å². The third-order valence-corrected chi connectivity index (χ3v) is 4.84. The summed E-state index contributed by atoms with van der Waals surface area (Å²) in [6.07, 6.45) is 0. The molecule has 0 saturated carbocycles. The van der Waals surface area contributed by atoms with E-state index >= 15 is 0 Å². The molecule has 0 aliphatic heterocycles. The number of nitrogens with one attached hydrogen (secondary N) is 1.